The molecule has 0 amide bonds. The fourth-order valence-electron chi connectivity index (χ4n) is 2.23. The van der Waals surface area contributed by atoms with Gasteiger partial charge < -0.3 is 4.40 Å². The summed E-state index contributed by atoms with van der Waals surface area (Å²) in [6.45, 7) is 6.33. The maximum absolute atomic E-state index is 4.71. The Morgan fingerprint density at radius 1 is 0.947 bits per heavy atom. The zero-order valence-electron chi connectivity index (χ0n) is 11.3. The second-order valence-corrected chi connectivity index (χ2v) is 4.91. The molecule has 0 aliphatic carbocycles. The van der Waals surface area contributed by atoms with Crippen molar-refractivity contribution >= 4 is 22.6 Å². The third-order valence-corrected chi connectivity index (χ3v) is 3.28. The largest absolute Gasteiger partial charge is 0.306 e. The smallest absolute Gasteiger partial charge is 0.137 e. The molecule has 19 heavy (non-hydrogen) atoms. The van der Waals surface area contributed by atoms with Gasteiger partial charge in [0, 0.05) is 18.0 Å². The van der Waals surface area contributed by atoms with Gasteiger partial charge in [-0.3, -0.25) is 0 Å². The number of imidazole rings is 1. The number of benzene rings is 1. The van der Waals surface area contributed by atoms with Gasteiger partial charge in [0.15, 0.2) is 0 Å². The average molecular weight is 317 g/mol. The summed E-state index contributed by atoms with van der Waals surface area (Å²) >= 11 is 0. The highest BCUT2D eigenvalue weighted by Crippen LogP contribution is 2.24. The van der Waals surface area contributed by atoms with E-state index in [1.54, 1.807) is 0 Å². The van der Waals surface area contributed by atoms with Crippen LogP contribution in [-0.2, 0) is 0 Å². The molecule has 0 saturated heterocycles. The first-order valence-corrected chi connectivity index (χ1v) is 6.16. The standard InChI is InChI=1S/C16H16N2.BrH/c1-11-4-5-13(3)14(8-11)15-10-18-7-6-12(2)9-16(18)17-15;/h4-10H,1-3H3;1H. The number of aromatic nitrogens is 2. The maximum Gasteiger partial charge on any atom is 0.137 e. The minimum Gasteiger partial charge on any atom is -0.306 e. The molecule has 0 bridgehead atoms. The first-order valence-electron chi connectivity index (χ1n) is 6.16. The van der Waals surface area contributed by atoms with Crippen molar-refractivity contribution in [2.24, 2.45) is 0 Å². The molecule has 0 aliphatic rings. The van der Waals surface area contributed by atoms with Gasteiger partial charge in [-0.1, -0.05) is 17.7 Å². The van der Waals surface area contributed by atoms with Gasteiger partial charge in [0.2, 0.25) is 0 Å². The second-order valence-electron chi connectivity index (χ2n) is 4.91. The van der Waals surface area contributed by atoms with Crippen LogP contribution in [0.4, 0.5) is 0 Å². The molecule has 0 aliphatic heterocycles. The quantitative estimate of drug-likeness (QED) is 0.646. The van der Waals surface area contributed by atoms with E-state index in [1.807, 2.05) is 0 Å². The predicted molar refractivity (Wildman–Crippen MR) is 85.2 cm³/mol. The number of hydrogen-bond donors (Lipinski definition) is 0. The van der Waals surface area contributed by atoms with E-state index in [0.29, 0.717) is 0 Å². The van der Waals surface area contributed by atoms with Crippen LogP contribution in [-0.4, -0.2) is 9.38 Å². The van der Waals surface area contributed by atoms with Crippen LogP contribution in [0.25, 0.3) is 16.9 Å². The third kappa shape index (κ3) is 2.56. The Hall–Kier alpha value is -1.61. The van der Waals surface area contributed by atoms with Crippen molar-refractivity contribution in [1.82, 2.24) is 9.38 Å². The molecule has 0 radical (unpaired) electrons. The van der Waals surface area contributed by atoms with Crippen molar-refractivity contribution in [3.63, 3.8) is 0 Å². The van der Waals surface area contributed by atoms with Crippen LogP contribution in [0.2, 0.25) is 0 Å². The molecule has 98 valence electrons. The Bertz CT molecular complexity index is 729. The molecule has 3 rings (SSSR count). The molecule has 0 saturated carbocycles. The van der Waals surface area contributed by atoms with Gasteiger partial charge in [0.25, 0.3) is 0 Å². The topological polar surface area (TPSA) is 17.3 Å². The summed E-state index contributed by atoms with van der Waals surface area (Å²) < 4.78 is 2.07. The van der Waals surface area contributed by atoms with Gasteiger partial charge in [0.05, 0.1) is 5.69 Å². The fourth-order valence-corrected chi connectivity index (χ4v) is 2.23. The molecule has 2 heterocycles. The Labute approximate surface area is 123 Å². The molecule has 1 aromatic carbocycles. The van der Waals surface area contributed by atoms with E-state index >= 15 is 0 Å². The summed E-state index contributed by atoms with van der Waals surface area (Å²) in [5.74, 6) is 0. The van der Waals surface area contributed by atoms with Crippen molar-refractivity contribution in [1.29, 1.82) is 0 Å². The first-order chi connectivity index (χ1) is 8.63. The van der Waals surface area contributed by atoms with Crippen molar-refractivity contribution in [3.8, 4) is 11.3 Å². The summed E-state index contributed by atoms with van der Waals surface area (Å²) in [6, 6.07) is 10.7. The average Bonchev–Trinajstić information content (AvgIpc) is 2.74. The molecule has 3 aromatic rings. The zero-order chi connectivity index (χ0) is 12.7. The van der Waals surface area contributed by atoms with Crippen LogP contribution in [0.3, 0.4) is 0 Å². The second kappa shape index (κ2) is 5.17. The number of halogens is 1. The lowest BCUT2D eigenvalue weighted by molar-refractivity contribution is 1.17. The highest BCUT2D eigenvalue weighted by Gasteiger charge is 2.07. The van der Waals surface area contributed by atoms with E-state index in [0.717, 1.165) is 11.3 Å². The van der Waals surface area contributed by atoms with Crippen LogP contribution in [0.5, 0.6) is 0 Å². The van der Waals surface area contributed by atoms with Gasteiger partial charge in [0.1, 0.15) is 5.65 Å². The molecule has 0 atom stereocenters. The monoisotopic (exact) mass is 316 g/mol. The summed E-state index contributed by atoms with van der Waals surface area (Å²) in [7, 11) is 0. The molecule has 0 unspecified atom stereocenters. The summed E-state index contributed by atoms with van der Waals surface area (Å²) in [5, 5.41) is 0. The molecular formula is C16H17BrN2. The Morgan fingerprint density at radius 2 is 1.68 bits per heavy atom. The molecular weight excluding hydrogens is 300 g/mol. The van der Waals surface area contributed by atoms with Crippen LogP contribution in [0.1, 0.15) is 16.7 Å². The van der Waals surface area contributed by atoms with Gasteiger partial charge in [-0.2, -0.15) is 0 Å². The molecule has 3 heteroatoms. The number of aryl methyl sites for hydroxylation is 3. The summed E-state index contributed by atoms with van der Waals surface area (Å²) in [5.41, 5.74) is 7.04. The van der Waals surface area contributed by atoms with Crippen molar-refractivity contribution < 1.29 is 0 Å². The maximum atomic E-state index is 4.71. The first kappa shape index (κ1) is 13.8. The van der Waals surface area contributed by atoms with Crippen LogP contribution < -0.4 is 0 Å². The highest BCUT2D eigenvalue weighted by molar-refractivity contribution is 8.93. The number of nitrogens with zero attached hydrogens (tertiary/aromatic N) is 2. The number of rotatable bonds is 1. The summed E-state index contributed by atoms with van der Waals surface area (Å²) in [6.07, 6.45) is 4.16. The predicted octanol–water partition coefficient (Wildman–Crippen LogP) is 4.50. The number of pyridine rings is 1. The number of fused-ring (bicyclic) bond motifs is 1. The lowest BCUT2D eigenvalue weighted by Gasteiger charge is -2.03. The molecule has 0 spiro atoms. The van der Waals surface area contributed by atoms with E-state index in [9.17, 15) is 0 Å². The highest BCUT2D eigenvalue weighted by atomic mass is 79.9. The van der Waals surface area contributed by atoms with Crippen LogP contribution in [0, 0.1) is 20.8 Å². The lowest BCUT2D eigenvalue weighted by Crippen LogP contribution is -1.84. The minimum atomic E-state index is 0. The van der Waals surface area contributed by atoms with Gasteiger partial charge in [-0.25, -0.2) is 4.98 Å². The van der Waals surface area contributed by atoms with Crippen LogP contribution in [0.15, 0.2) is 42.7 Å². The zero-order valence-corrected chi connectivity index (χ0v) is 13.1. The normalized spacial score (nSPS) is 10.5. The van der Waals surface area contributed by atoms with Gasteiger partial charge >= 0.3 is 0 Å². The molecule has 2 aromatic heterocycles. The fraction of sp³-hybridized carbons (Fsp3) is 0.188. The van der Waals surface area contributed by atoms with Gasteiger partial charge in [-0.05, 0) is 50.1 Å². The Balaban J connectivity index is 0.00000133. The number of hydrogen-bond acceptors (Lipinski definition) is 1. The molecule has 0 N–H and O–H groups in total. The van der Waals surface area contributed by atoms with Gasteiger partial charge in [-0.15, -0.1) is 17.0 Å². The Morgan fingerprint density at radius 3 is 2.47 bits per heavy atom. The SMILES string of the molecule is Br.Cc1ccc(C)c(-c2cn3ccc(C)cc3n2)c1. The summed E-state index contributed by atoms with van der Waals surface area (Å²) in [4.78, 5) is 4.71. The van der Waals surface area contributed by atoms with Crippen molar-refractivity contribution in [2.45, 2.75) is 20.8 Å². The van der Waals surface area contributed by atoms with Crippen molar-refractivity contribution in [3.05, 3.63) is 59.4 Å². The van der Waals surface area contributed by atoms with E-state index < -0.39 is 0 Å². The van der Waals surface area contributed by atoms with Crippen LogP contribution >= 0.6 is 17.0 Å². The van der Waals surface area contributed by atoms with Crippen molar-refractivity contribution in [2.75, 3.05) is 0 Å². The Kier molecular flexibility index (Phi) is 3.76. The molecule has 2 nitrogen and oxygen atoms in total. The lowest BCUT2D eigenvalue weighted by atomic mass is 10.0. The van der Waals surface area contributed by atoms with E-state index in [1.165, 1.54) is 22.3 Å². The third-order valence-electron chi connectivity index (χ3n) is 3.28. The molecule has 0 fully saturated rings. The van der Waals surface area contributed by atoms with E-state index in [2.05, 4.69) is 67.9 Å². The van der Waals surface area contributed by atoms with E-state index in [-0.39, 0.29) is 17.0 Å². The minimum absolute atomic E-state index is 0. The van der Waals surface area contributed by atoms with E-state index in [4.69, 9.17) is 4.98 Å².